The molecule has 0 spiro atoms. The first-order valence-corrected chi connectivity index (χ1v) is 10.9. The second-order valence-corrected chi connectivity index (χ2v) is 8.13. The summed E-state index contributed by atoms with van der Waals surface area (Å²) in [5, 5.41) is 9.64. The van der Waals surface area contributed by atoms with Gasteiger partial charge in [-0.3, -0.25) is 0 Å². The number of nitrogen functional groups attached to an aromatic ring is 1. The van der Waals surface area contributed by atoms with Crippen molar-refractivity contribution in [3.8, 4) is 11.3 Å². The molecule has 0 unspecified atom stereocenters. The van der Waals surface area contributed by atoms with E-state index in [0.717, 1.165) is 54.8 Å². The molecular weight excluding hydrogens is 410 g/mol. The number of aromatic nitrogens is 4. The van der Waals surface area contributed by atoms with E-state index < -0.39 is 0 Å². The van der Waals surface area contributed by atoms with E-state index in [2.05, 4.69) is 22.3 Å². The molecule has 4 aromatic rings. The highest BCUT2D eigenvalue weighted by molar-refractivity contribution is 6.30. The van der Waals surface area contributed by atoms with E-state index in [1.807, 2.05) is 47.1 Å². The van der Waals surface area contributed by atoms with Crippen LogP contribution in [0.3, 0.4) is 0 Å². The molecule has 7 nitrogen and oxygen atoms in total. The molecule has 158 valence electrons. The number of nitrogens with two attached hydrogens (primary N) is 1. The van der Waals surface area contributed by atoms with Crippen LogP contribution in [0.1, 0.15) is 12.0 Å². The van der Waals surface area contributed by atoms with Crippen LogP contribution in [0.25, 0.3) is 22.3 Å². The molecule has 2 aromatic heterocycles. The van der Waals surface area contributed by atoms with Gasteiger partial charge in [0.2, 0.25) is 5.95 Å². The summed E-state index contributed by atoms with van der Waals surface area (Å²) >= 11 is 6.13. The summed E-state index contributed by atoms with van der Waals surface area (Å²) in [6.07, 6.45) is 1.04. The van der Waals surface area contributed by atoms with E-state index in [4.69, 9.17) is 32.4 Å². The zero-order chi connectivity index (χ0) is 21.2. The molecule has 8 heteroatoms. The van der Waals surface area contributed by atoms with Gasteiger partial charge in [0, 0.05) is 30.2 Å². The van der Waals surface area contributed by atoms with Gasteiger partial charge in [-0.2, -0.15) is 4.98 Å². The van der Waals surface area contributed by atoms with Gasteiger partial charge in [0.05, 0.1) is 17.6 Å². The van der Waals surface area contributed by atoms with Gasteiger partial charge < -0.3 is 16.0 Å². The summed E-state index contributed by atoms with van der Waals surface area (Å²) in [6, 6.07) is 17.8. The summed E-state index contributed by atoms with van der Waals surface area (Å²) in [5.41, 5.74) is 10.0. The van der Waals surface area contributed by atoms with Crippen LogP contribution in [0.2, 0.25) is 5.02 Å². The zero-order valence-electron chi connectivity index (χ0n) is 17.1. The summed E-state index contributed by atoms with van der Waals surface area (Å²) in [6.45, 7) is 4.24. The van der Waals surface area contributed by atoms with Crippen molar-refractivity contribution >= 4 is 34.4 Å². The Morgan fingerprint density at radius 3 is 2.58 bits per heavy atom. The number of benzene rings is 2. The van der Waals surface area contributed by atoms with Crippen molar-refractivity contribution in [1.82, 2.24) is 25.1 Å². The predicted molar refractivity (Wildman–Crippen MR) is 125 cm³/mol. The molecule has 3 N–H and O–H groups in total. The molecule has 1 aliphatic rings. The zero-order valence-corrected chi connectivity index (χ0v) is 17.9. The van der Waals surface area contributed by atoms with Crippen LogP contribution in [0.15, 0.2) is 54.6 Å². The molecule has 5 rings (SSSR count). The lowest BCUT2D eigenvalue weighted by atomic mass is 10.1. The fourth-order valence-electron chi connectivity index (χ4n) is 3.92. The fourth-order valence-corrected chi connectivity index (χ4v) is 4.05. The molecular formula is C23H24ClN7. The second kappa shape index (κ2) is 8.53. The Balaban J connectivity index is 1.65. The van der Waals surface area contributed by atoms with E-state index in [0.29, 0.717) is 29.0 Å². The summed E-state index contributed by atoms with van der Waals surface area (Å²) < 4.78 is 1.81. The van der Waals surface area contributed by atoms with E-state index >= 15 is 0 Å². The lowest BCUT2D eigenvalue weighted by molar-refractivity contribution is 0.702. The molecule has 3 heterocycles. The highest BCUT2D eigenvalue weighted by Crippen LogP contribution is 2.33. The standard InChI is InChI=1S/C23H24ClN7/c24-18-9-7-17(8-10-18)20-19-21(25)31(15-16-5-2-1-3-6-16)29-22(19)28-23(27-20)30-13-4-11-26-12-14-30/h1-3,5-10,26H,4,11-15,25H2. The predicted octanol–water partition coefficient (Wildman–Crippen LogP) is 3.58. The highest BCUT2D eigenvalue weighted by Gasteiger charge is 2.21. The highest BCUT2D eigenvalue weighted by atomic mass is 35.5. The Labute approximate surface area is 185 Å². The second-order valence-electron chi connectivity index (χ2n) is 7.70. The Hall–Kier alpha value is -3.16. The van der Waals surface area contributed by atoms with E-state index in [1.54, 1.807) is 0 Å². The number of anilines is 2. The number of halogens is 1. The minimum atomic E-state index is 0.563. The maximum Gasteiger partial charge on any atom is 0.228 e. The molecule has 0 aliphatic carbocycles. The van der Waals surface area contributed by atoms with Gasteiger partial charge in [0.15, 0.2) is 5.65 Å². The monoisotopic (exact) mass is 433 g/mol. The number of nitrogens with one attached hydrogen (secondary N) is 1. The normalized spacial score (nSPS) is 14.7. The maximum atomic E-state index is 6.58. The van der Waals surface area contributed by atoms with Crippen LogP contribution in [-0.2, 0) is 6.54 Å². The van der Waals surface area contributed by atoms with Crippen LogP contribution < -0.4 is 16.0 Å². The molecule has 1 fully saturated rings. The van der Waals surface area contributed by atoms with Crippen LogP contribution in [-0.4, -0.2) is 45.9 Å². The Morgan fingerprint density at radius 1 is 0.968 bits per heavy atom. The number of hydrogen-bond donors (Lipinski definition) is 2. The first-order chi connectivity index (χ1) is 15.2. The van der Waals surface area contributed by atoms with E-state index in [-0.39, 0.29) is 0 Å². The minimum absolute atomic E-state index is 0.563. The van der Waals surface area contributed by atoms with Crippen molar-refractivity contribution in [3.05, 3.63) is 65.2 Å². The lowest BCUT2D eigenvalue weighted by Gasteiger charge is -2.20. The number of nitrogens with zero attached hydrogens (tertiary/aromatic N) is 5. The SMILES string of the molecule is Nc1c2c(-c3ccc(Cl)cc3)nc(N3CCCNCC3)nc2nn1Cc1ccccc1. The van der Waals surface area contributed by atoms with Crippen molar-refractivity contribution in [3.63, 3.8) is 0 Å². The number of rotatable bonds is 4. The topological polar surface area (TPSA) is 84.9 Å². The van der Waals surface area contributed by atoms with Crippen LogP contribution >= 0.6 is 11.6 Å². The van der Waals surface area contributed by atoms with Crippen LogP contribution in [0, 0.1) is 0 Å². The Morgan fingerprint density at radius 2 is 1.77 bits per heavy atom. The fraction of sp³-hybridized carbons (Fsp3) is 0.261. The molecule has 0 amide bonds. The average Bonchev–Trinajstić information content (AvgIpc) is 2.97. The van der Waals surface area contributed by atoms with Crippen molar-refractivity contribution in [2.45, 2.75) is 13.0 Å². The third-order valence-corrected chi connectivity index (χ3v) is 5.80. The molecule has 0 atom stereocenters. The maximum absolute atomic E-state index is 6.58. The largest absolute Gasteiger partial charge is 0.383 e. The molecule has 31 heavy (non-hydrogen) atoms. The van der Waals surface area contributed by atoms with Crippen LogP contribution in [0.4, 0.5) is 11.8 Å². The van der Waals surface area contributed by atoms with Crippen molar-refractivity contribution in [2.24, 2.45) is 0 Å². The van der Waals surface area contributed by atoms with Gasteiger partial charge in [-0.1, -0.05) is 54.1 Å². The van der Waals surface area contributed by atoms with Gasteiger partial charge >= 0.3 is 0 Å². The first kappa shape index (κ1) is 19.8. The van der Waals surface area contributed by atoms with Crippen molar-refractivity contribution < 1.29 is 0 Å². The smallest absolute Gasteiger partial charge is 0.228 e. The summed E-state index contributed by atoms with van der Waals surface area (Å²) in [4.78, 5) is 12.0. The quantitative estimate of drug-likeness (QED) is 0.511. The third-order valence-electron chi connectivity index (χ3n) is 5.54. The molecule has 0 radical (unpaired) electrons. The molecule has 0 saturated carbocycles. The minimum Gasteiger partial charge on any atom is -0.383 e. The van der Waals surface area contributed by atoms with Gasteiger partial charge in [-0.05, 0) is 30.7 Å². The summed E-state index contributed by atoms with van der Waals surface area (Å²) in [7, 11) is 0. The van der Waals surface area contributed by atoms with E-state index in [9.17, 15) is 0 Å². The number of fused-ring (bicyclic) bond motifs is 1. The molecule has 1 saturated heterocycles. The molecule has 1 aliphatic heterocycles. The number of hydrogen-bond acceptors (Lipinski definition) is 6. The van der Waals surface area contributed by atoms with Gasteiger partial charge in [-0.15, -0.1) is 5.10 Å². The Bertz CT molecular complexity index is 1180. The van der Waals surface area contributed by atoms with E-state index in [1.165, 1.54) is 0 Å². The van der Waals surface area contributed by atoms with Crippen molar-refractivity contribution in [2.75, 3.05) is 36.8 Å². The average molecular weight is 434 g/mol. The van der Waals surface area contributed by atoms with Crippen molar-refractivity contribution in [1.29, 1.82) is 0 Å². The Kier molecular flexibility index (Phi) is 5.44. The van der Waals surface area contributed by atoms with Gasteiger partial charge in [-0.25, -0.2) is 9.67 Å². The molecule has 2 aromatic carbocycles. The molecule has 0 bridgehead atoms. The van der Waals surface area contributed by atoms with Crippen LogP contribution in [0.5, 0.6) is 0 Å². The lowest BCUT2D eigenvalue weighted by Crippen LogP contribution is -2.29. The van der Waals surface area contributed by atoms with Gasteiger partial charge in [0.25, 0.3) is 0 Å². The first-order valence-electron chi connectivity index (χ1n) is 10.5. The summed E-state index contributed by atoms with van der Waals surface area (Å²) in [5.74, 6) is 1.25. The van der Waals surface area contributed by atoms with Gasteiger partial charge in [0.1, 0.15) is 5.82 Å². The third kappa shape index (κ3) is 4.06.